The minimum atomic E-state index is -1.85. The lowest BCUT2D eigenvalue weighted by molar-refractivity contribution is -0.0944. The lowest BCUT2D eigenvalue weighted by Gasteiger charge is -2.28. The van der Waals surface area contributed by atoms with Crippen molar-refractivity contribution in [2.24, 2.45) is 0 Å². The van der Waals surface area contributed by atoms with Gasteiger partial charge in [-0.1, -0.05) is 0 Å². The van der Waals surface area contributed by atoms with Crippen molar-refractivity contribution in [3.05, 3.63) is 0 Å². The van der Waals surface area contributed by atoms with Gasteiger partial charge in [-0.2, -0.15) is 0 Å². The average Bonchev–Trinajstić information content (AvgIpc) is 1.63. The fourth-order valence-corrected chi connectivity index (χ4v) is 1.10. The minimum Gasteiger partial charge on any atom is -0.355 e. The van der Waals surface area contributed by atoms with Crippen LogP contribution < -0.4 is 0 Å². The first-order valence-corrected chi connectivity index (χ1v) is 3.28. The molecule has 1 atom stereocenters. The van der Waals surface area contributed by atoms with Crippen LogP contribution in [-0.2, 0) is 10.8 Å². The molecule has 0 aromatic rings. The summed E-state index contributed by atoms with van der Waals surface area (Å²) >= 11 is 0. The van der Waals surface area contributed by atoms with Crippen LogP contribution in [0.15, 0.2) is 0 Å². The maximum absolute atomic E-state index is 10.2. The zero-order valence-corrected chi connectivity index (χ0v) is 4.44. The SMILES string of the molecule is O=S1CCC1(O)O. The molecule has 42 valence electrons. The van der Waals surface area contributed by atoms with Crippen LogP contribution >= 0.6 is 0 Å². The number of hydrogen-bond acceptors (Lipinski definition) is 3. The molecule has 0 spiro atoms. The lowest BCUT2D eigenvalue weighted by atomic mass is 10.4. The molecule has 0 bridgehead atoms. The Morgan fingerprint density at radius 3 is 2.00 bits per heavy atom. The van der Waals surface area contributed by atoms with Crippen LogP contribution in [0.25, 0.3) is 0 Å². The molecule has 0 aliphatic carbocycles. The molecule has 0 amide bonds. The van der Waals surface area contributed by atoms with Crippen molar-refractivity contribution in [3.8, 4) is 0 Å². The zero-order valence-electron chi connectivity index (χ0n) is 3.63. The van der Waals surface area contributed by atoms with Crippen molar-refractivity contribution >= 4 is 10.8 Å². The van der Waals surface area contributed by atoms with Gasteiger partial charge in [-0.15, -0.1) is 0 Å². The quantitative estimate of drug-likeness (QED) is 0.396. The third-order valence-electron chi connectivity index (χ3n) is 0.978. The summed E-state index contributed by atoms with van der Waals surface area (Å²) < 4.78 is 10.2. The normalized spacial score (nSPS) is 37.1. The van der Waals surface area contributed by atoms with Gasteiger partial charge in [-0.05, 0) is 0 Å². The Balaban J connectivity index is 2.59. The van der Waals surface area contributed by atoms with E-state index in [0.29, 0.717) is 5.75 Å². The maximum Gasteiger partial charge on any atom is 0.243 e. The maximum atomic E-state index is 10.2. The highest BCUT2D eigenvalue weighted by Gasteiger charge is 2.40. The van der Waals surface area contributed by atoms with E-state index in [2.05, 4.69) is 0 Å². The fourth-order valence-electron chi connectivity index (χ4n) is 0.368. The van der Waals surface area contributed by atoms with Crippen LogP contribution in [-0.4, -0.2) is 25.3 Å². The second-order valence-electron chi connectivity index (χ2n) is 1.54. The van der Waals surface area contributed by atoms with Gasteiger partial charge < -0.3 is 10.2 Å². The van der Waals surface area contributed by atoms with Crippen LogP contribution in [0, 0.1) is 0 Å². The highest BCUT2D eigenvalue weighted by atomic mass is 32.2. The van der Waals surface area contributed by atoms with Gasteiger partial charge in [0, 0.05) is 12.2 Å². The molecule has 0 aromatic carbocycles. The Morgan fingerprint density at radius 1 is 1.57 bits per heavy atom. The lowest BCUT2D eigenvalue weighted by Crippen LogP contribution is -2.45. The summed E-state index contributed by atoms with van der Waals surface area (Å²) in [5.41, 5.74) is 0. The first-order chi connectivity index (χ1) is 3.13. The van der Waals surface area contributed by atoms with Crippen LogP contribution in [0.1, 0.15) is 6.42 Å². The molecule has 1 aliphatic heterocycles. The van der Waals surface area contributed by atoms with Gasteiger partial charge in [0.2, 0.25) is 5.12 Å². The minimum absolute atomic E-state index is 0.250. The molecule has 7 heavy (non-hydrogen) atoms. The Morgan fingerprint density at radius 2 is 2.00 bits per heavy atom. The second-order valence-corrected chi connectivity index (χ2v) is 3.30. The Bertz CT molecular complexity index is 109. The molecule has 2 N–H and O–H groups in total. The zero-order chi connectivity index (χ0) is 5.49. The summed E-state index contributed by atoms with van der Waals surface area (Å²) in [5.74, 6) is 0.424. The van der Waals surface area contributed by atoms with Crippen LogP contribution in [0.2, 0.25) is 0 Å². The van der Waals surface area contributed by atoms with E-state index in [1.165, 1.54) is 0 Å². The van der Waals surface area contributed by atoms with Gasteiger partial charge in [-0.3, -0.25) is 4.21 Å². The molecule has 1 fully saturated rings. The van der Waals surface area contributed by atoms with E-state index >= 15 is 0 Å². The molecule has 1 aliphatic rings. The average molecular weight is 122 g/mol. The van der Waals surface area contributed by atoms with Gasteiger partial charge in [0.1, 0.15) is 0 Å². The summed E-state index contributed by atoms with van der Waals surface area (Å²) in [6, 6.07) is 0. The molecular weight excluding hydrogens is 116 g/mol. The highest BCUT2D eigenvalue weighted by molar-refractivity contribution is 7.87. The first kappa shape index (κ1) is 5.21. The van der Waals surface area contributed by atoms with E-state index in [4.69, 9.17) is 10.2 Å². The summed E-state index contributed by atoms with van der Waals surface area (Å²) in [6.07, 6.45) is 0.250. The molecule has 4 heteroatoms. The van der Waals surface area contributed by atoms with Crippen molar-refractivity contribution in [3.63, 3.8) is 0 Å². The molecular formula is C3H6O3S. The first-order valence-electron chi connectivity index (χ1n) is 1.96. The third-order valence-corrected chi connectivity index (χ3v) is 2.49. The monoisotopic (exact) mass is 122 g/mol. The molecule has 3 nitrogen and oxygen atoms in total. The number of rotatable bonds is 0. The summed E-state index contributed by atoms with van der Waals surface area (Å²) in [7, 11) is -1.39. The van der Waals surface area contributed by atoms with Crippen LogP contribution in [0.3, 0.4) is 0 Å². The largest absolute Gasteiger partial charge is 0.355 e. The van der Waals surface area contributed by atoms with Crippen molar-refractivity contribution < 1.29 is 14.4 Å². The van der Waals surface area contributed by atoms with Crippen molar-refractivity contribution in [2.45, 2.75) is 11.5 Å². The van der Waals surface area contributed by atoms with Gasteiger partial charge in [-0.25, -0.2) is 0 Å². The predicted octanol–water partition coefficient (Wildman–Crippen LogP) is -1.22. The van der Waals surface area contributed by atoms with Crippen molar-refractivity contribution in [1.29, 1.82) is 0 Å². The van der Waals surface area contributed by atoms with E-state index in [0.717, 1.165) is 0 Å². The van der Waals surface area contributed by atoms with Crippen LogP contribution in [0.5, 0.6) is 0 Å². The second kappa shape index (κ2) is 1.27. The van der Waals surface area contributed by atoms with Gasteiger partial charge >= 0.3 is 0 Å². The summed E-state index contributed by atoms with van der Waals surface area (Å²) in [4.78, 5) is 0. The molecule has 1 heterocycles. The predicted molar refractivity (Wildman–Crippen MR) is 24.8 cm³/mol. The summed E-state index contributed by atoms with van der Waals surface area (Å²) in [6.45, 7) is 0. The van der Waals surface area contributed by atoms with Gasteiger partial charge in [0.15, 0.2) is 0 Å². The fraction of sp³-hybridized carbons (Fsp3) is 1.00. The third kappa shape index (κ3) is 0.690. The summed E-state index contributed by atoms with van der Waals surface area (Å²) in [5, 5.41) is 15.0. The molecule has 0 radical (unpaired) electrons. The van der Waals surface area contributed by atoms with E-state index < -0.39 is 15.9 Å². The highest BCUT2D eigenvalue weighted by Crippen LogP contribution is 2.22. The van der Waals surface area contributed by atoms with Crippen LogP contribution in [0.4, 0.5) is 0 Å². The van der Waals surface area contributed by atoms with Gasteiger partial charge in [0.25, 0.3) is 0 Å². The molecule has 0 saturated carbocycles. The smallest absolute Gasteiger partial charge is 0.243 e. The van der Waals surface area contributed by atoms with E-state index in [1.54, 1.807) is 0 Å². The standard InChI is InChI=1S/C3H6O3S/c4-3(5)1-2-7(3)6/h4-5H,1-2H2. The van der Waals surface area contributed by atoms with Crippen molar-refractivity contribution in [1.82, 2.24) is 0 Å². The Hall–Kier alpha value is 0.0700. The number of hydrogen-bond donors (Lipinski definition) is 2. The number of aliphatic hydroxyl groups is 2. The van der Waals surface area contributed by atoms with Crippen molar-refractivity contribution in [2.75, 3.05) is 5.75 Å². The van der Waals surface area contributed by atoms with Gasteiger partial charge in [0.05, 0.1) is 10.8 Å². The van der Waals surface area contributed by atoms with E-state index in [9.17, 15) is 4.21 Å². The molecule has 1 unspecified atom stereocenters. The van der Waals surface area contributed by atoms with E-state index in [1.807, 2.05) is 0 Å². The molecule has 1 rings (SSSR count). The Labute approximate surface area is 43.4 Å². The van der Waals surface area contributed by atoms with E-state index in [-0.39, 0.29) is 6.42 Å². The molecule has 0 aromatic heterocycles. The topological polar surface area (TPSA) is 57.5 Å². The molecule has 1 saturated heterocycles. The Kier molecular flexibility index (Phi) is 0.948.